The van der Waals surface area contributed by atoms with Crippen LogP contribution in [0.4, 0.5) is 17.6 Å². The first-order valence-corrected chi connectivity index (χ1v) is 6.09. The molecule has 2 N–H and O–H groups in total. The van der Waals surface area contributed by atoms with Gasteiger partial charge in [-0.25, -0.2) is 17.6 Å². The van der Waals surface area contributed by atoms with E-state index in [2.05, 4.69) is 0 Å². The zero-order valence-corrected chi connectivity index (χ0v) is 10.5. The van der Waals surface area contributed by atoms with Crippen LogP contribution in [0.5, 0.6) is 0 Å². The molecule has 2 aromatic carbocycles. The van der Waals surface area contributed by atoms with E-state index in [1.807, 2.05) is 0 Å². The standard InChI is InChI=1S/C15H13F4N/c16-12-3-1-9(7-14(12)18)5-11(20)6-10-2-4-13(17)15(19)8-10/h1-4,7-8,11H,5-6,20H2. The van der Waals surface area contributed by atoms with Crippen molar-refractivity contribution in [2.45, 2.75) is 18.9 Å². The number of hydrogen-bond acceptors (Lipinski definition) is 1. The van der Waals surface area contributed by atoms with Gasteiger partial charge in [0.2, 0.25) is 0 Å². The van der Waals surface area contributed by atoms with Crippen molar-refractivity contribution < 1.29 is 17.6 Å². The number of nitrogens with two attached hydrogens (primary N) is 1. The second-order valence-corrected chi connectivity index (χ2v) is 4.67. The third kappa shape index (κ3) is 3.57. The summed E-state index contributed by atoms with van der Waals surface area (Å²) in [4.78, 5) is 0. The van der Waals surface area contributed by atoms with Gasteiger partial charge in [-0.2, -0.15) is 0 Å². The van der Waals surface area contributed by atoms with Gasteiger partial charge in [-0.15, -0.1) is 0 Å². The van der Waals surface area contributed by atoms with Crippen molar-refractivity contribution in [2.24, 2.45) is 5.73 Å². The van der Waals surface area contributed by atoms with Crippen LogP contribution < -0.4 is 5.73 Å². The first-order chi connectivity index (χ1) is 9.45. The van der Waals surface area contributed by atoms with Crippen LogP contribution >= 0.6 is 0 Å². The maximum Gasteiger partial charge on any atom is 0.159 e. The number of halogens is 4. The van der Waals surface area contributed by atoms with Gasteiger partial charge in [-0.1, -0.05) is 12.1 Å². The van der Waals surface area contributed by atoms with E-state index in [4.69, 9.17) is 5.73 Å². The summed E-state index contributed by atoms with van der Waals surface area (Å²) >= 11 is 0. The van der Waals surface area contributed by atoms with Crippen LogP contribution in [0, 0.1) is 23.3 Å². The average Bonchev–Trinajstić information content (AvgIpc) is 2.38. The maximum atomic E-state index is 13.0. The molecule has 0 spiro atoms. The van der Waals surface area contributed by atoms with Crippen molar-refractivity contribution in [1.29, 1.82) is 0 Å². The highest BCUT2D eigenvalue weighted by Crippen LogP contribution is 2.14. The summed E-state index contributed by atoms with van der Waals surface area (Å²) in [6, 6.07) is 6.74. The molecule has 20 heavy (non-hydrogen) atoms. The van der Waals surface area contributed by atoms with Crippen molar-refractivity contribution in [3.8, 4) is 0 Å². The Morgan fingerprint density at radius 3 is 1.45 bits per heavy atom. The number of benzene rings is 2. The van der Waals surface area contributed by atoms with Crippen molar-refractivity contribution in [3.63, 3.8) is 0 Å². The van der Waals surface area contributed by atoms with Gasteiger partial charge in [0.15, 0.2) is 23.3 Å². The Morgan fingerprint density at radius 1 is 0.700 bits per heavy atom. The van der Waals surface area contributed by atoms with Crippen LogP contribution in [0.2, 0.25) is 0 Å². The highest BCUT2D eigenvalue weighted by atomic mass is 19.2. The predicted molar refractivity (Wildman–Crippen MR) is 68.1 cm³/mol. The lowest BCUT2D eigenvalue weighted by Crippen LogP contribution is -2.25. The first-order valence-electron chi connectivity index (χ1n) is 6.09. The van der Waals surface area contributed by atoms with E-state index in [0.29, 0.717) is 24.0 Å². The predicted octanol–water partition coefficient (Wildman–Crippen LogP) is 3.36. The number of hydrogen-bond donors (Lipinski definition) is 1. The molecular formula is C15H13F4N. The molecule has 2 aromatic rings. The quantitative estimate of drug-likeness (QED) is 0.856. The lowest BCUT2D eigenvalue weighted by atomic mass is 9.99. The number of rotatable bonds is 4. The van der Waals surface area contributed by atoms with Gasteiger partial charge >= 0.3 is 0 Å². The van der Waals surface area contributed by atoms with E-state index < -0.39 is 29.3 Å². The molecule has 2 rings (SSSR count). The van der Waals surface area contributed by atoms with Gasteiger partial charge in [0.25, 0.3) is 0 Å². The Hall–Kier alpha value is -1.88. The molecule has 0 heterocycles. The van der Waals surface area contributed by atoms with Gasteiger partial charge in [-0.05, 0) is 48.2 Å². The molecule has 0 aromatic heterocycles. The highest BCUT2D eigenvalue weighted by molar-refractivity contribution is 5.22. The molecule has 0 radical (unpaired) electrons. The largest absolute Gasteiger partial charge is 0.327 e. The van der Waals surface area contributed by atoms with Crippen molar-refractivity contribution >= 4 is 0 Å². The van der Waals surface area contributed by atoms with E-state index in [1.54, 1.807) is 0 Å². The molecule has 0 unspecified atom stereocenters. The molecule has 0 aliphatic carbocycles. The molecule has 0 bridgehead atoms. The van der Waals surface area contributed by atoms with Gasteiger partial charge in [0.05, 0.1) is 0 Å². The first kappa shape index (κ1) is 14.5. The second kappa shape index (κ2) is 6.05. The summed E-state index contributed by atoms with van der Waals surface area (Å²) in [5.41, 5.74) is 6.99. The highest BCUT2D eigenvalue weighted by Gasteiger charge is 2.10. The van der Waals surface area contributed by atoms with Gasteiger partial charge in [0.1, 0.15) is 0 Å². The van der Waals surface area contributed by atoms with Crippen LogP contribution in [-0.4, -0.2) is 6.04 Å². The molecule has 106 valence electrons. The zero-order valence-electron chi connectivity index (χ0n) is 10.5. The van der Waals surface area contributed by atoms with E-state index in [1.165, 1.54) is 12.1 Å². The van der Waals surface area contributed by atoms with Crippen molar-refractivity contribution in [3.05, 3.63) is 70.8 Å². The molecular weight excluding hydrogens is 270 g/mol. The minimum Gasteiger partial charge on any atom is -0.327 e. The molecule has 0 amide bonds. The molecule has 0 saturated heterocycles. The summed E-state index contributed by atoms with van der Waals surface area (Å²) in [6.45, 7) is 0. The monoisotopic (exact) mass is 283 g/mol. The van der Waals surface area contributed by atoms with Crippen LogP contribution in [0.15, 0.2) is 36.4 Å². The van der Waals surface area contributed by atoms with Crippen molar-refractivity contribution in [1.82, 2.24) is 0 Å². The Labute approximate surface area is 114 Å². The Morgan fingerprint density at radius 2 is 1.10 bits per heavy atom. The van der Waals surface area contributed by atoms with E-state index >= 15 is 0 Å². The molecule has 0 aliphatic heterocycles. The van der Waals surface area contributed by atoms with Crippen LogP contribution in [0.25, 0.3) is 0 Å². The lowest BCUT2D eigenvalue weighted by molar-refractivity contribution is 0.504. The summed E-state index contributed by atoms with van der Waals surface area (Å²) in [7, 11) is 0. The van der Waals surface area contributed by atoms with Gasteiger partial charge in [-0.3, -0.25) is 0 Å². The van der Waals surface area contributed by atoms with Crippen molar-refractivity contribution in [2.75, 3.05) is 0 Å². The van der Waals surface area contributed by atoms with Crippen LogP contribution in [0.3, 0.4) is 0 Å². The van der Waals surface area contributed by atoms with E-state index in [9.17, 15) is 17.6 Å². The summed E-state index contributed by atoms with van der Waals surface area (Å²) in [5.74, 6) is -3.68. The smallest absolute Gasteiger partial charge is 0.159 e. The Kier molecular flexibility index (Phi) is 4.39. The summed E-state index contributed by atoms with van der Waals surface area (Å²) < 4.78 is 51.7. The minimum atomic E-state index is -0.928. The molecule has 1 nitrogen and oxygen atoms in total. The molecule has 0 atom stereocenters. The molecule has 0 fully saturated rings. The Balaban J connectivity index is 2.02. The zero-order chi connectivity index (χ0) is 14.7. The summed E-state index contributed by atoms with van der Waals surface area (Å²) in [6.07, 6.45) is 0.631. The fourth-order valence-corrected chi connectivity index (χ4v) is 2.01. The lowest BCUT2D eigenvalue weighted by Gasteiger charge is -2.12. The minimum absolute atomic E-state index is 0.316. The fraction of sp³-hybridized carbons (Fsp3) is 0.200. The van der Waals surface area contributed by atoms with E-state index in [0.717, 1.165) is 24.3 Å². The summed E-state index contributed by atoms with van der Waals surface area (Å²) in [5, 5.41) is 0. The molecule has 5 heteroatoms. The second-order valence-electron chi connectivity index (χ2n) is 4.67. The molecule has 0 saturated carbocycles. The van der Waals surface area contributed by atoms with E-state index in [-0.39, 0.29) is 0 Å². The van der Waals surface area contributed by atoms with Crippen LogP contribution in [-0.2, 0) is 12.8 Å². The maximum absolute atomic E-state index is 13.0. The third-order valence-corrected chi connectivity index (χ3v) is 2.96. The molecule has 0 aliphatic rings. The van der Waals surface area contributed by atoms with Gasteiger partial charge < -0.3 is 5.73 Å². The average molecular weight is 283 g/mol. The van der Waals surface area contributed by atoms with Gasteiger partial charge in [0, 0.05) is 6.04 Å². The Bertz CT molecular complexity index is 559. The topological polar surface area (TPSA) is 26.0 Å². The third-order valence-electron chi connectivity index (χ3n) is 2.96. The normalized spacial score (nSPS) is 11.1. The fourth-order valence-electron chi connectivity index (χ4n) is 2.01. The SMILES string of the molecule is NC(Cc1ccc(F)c(F)c1)Cc1ccc(F)c(F)c1. The van der Waals surface area contributed by atoms with Crippen LogP contribution in [0.1, 0.15) is 11.1 Å².